The predicted octanol–water partition coefficient (Wildman–Crippen LogP) is 2.53. The lowest BCUT2D eigenvalue weighted by atomic mass is 10.2. The van der Waals surface area contributed by atoms with Crippen molar-refractivity contribution in [1.82, 2.24) is 0 Å². The number of para-hydroxylation sites is 2. The number of amides is 2. The highest BCUT2D eigenvalue weighted by Crippen LogP contribution is 2.23. The van der Waals surface area contributed by atoms with Crippen molar-refractivity contribution in [3.8, 4) is 11.8 Å². The highest BCUT2D eigenvalue weighted by Gasteiger charge is 2.16. The maximum atomic E-state index is 12.0. The van der Waals surface area contributed by atoms with Crippen LogP contribution in [-0.4, -0.2) is 18.4 Å². The molecule has 0 aliphatic heterocycles. The second-order valence-electron chi connectivity index (χ2n) is 4.53. The van der Waals surface area contributed by atoms with E-state index in [1.807, 2.05) is 13.0 Å². The molecule has 23 heavy (non-hydrogen) atoms. The van der Waals surface area contributed by atoms with E-state index in [9.17, 15) is 9.59 Å². The van der Waals surface area contributed by atoms with Gasteiger partial charge in [-0.15, -0.1) is 0 Å². The lowest BCUT2D eigenvalue weighted by Gasteiger charge is -2.11. The molecule has 116 valence electrons. The van der Waals surface area contributed by atoms with Gasteiger partial charge >= 0.3 is 11.8 Å². The van der Waals surface area contributed by atoms with Gasteiger partial charge < -0.3 is 15.4 Å². The topological polar surface area (TPSA) is 91.2 Å². The summed E-state index contributed by atoms with van der Waals surface area (Å²) in [5, 5.41) is 13.8. The normalized spacial score (nSPS) is 9.57. The molecule has 0 unspecified atom stereocenters. The summed E-state index contributed by atoms with van der Waals surface area (Å²) in [6.45, 7) is 2.27. The monoisotopic (exact) mass is 309 g/mol. The Morgan fingerprint density at radius 2 is 1.83 bits per heavy atom. The first kappa shape index (κ1) is 16.0. The minimum Gasteiger partial charge on any atom is -0.492 e. The molecule has 2 N–H and O–H groups in total. The third kappa shape index (κ3) is 4.32. The van der Waals surface area contributed by atoms with Crippen molar-refractivity contribution in [2.24, 2.45) is 0 Å². The third-order valence-electron chi connectivity index (χ3n) is 2.89. The van der Waals surface area contributed by atoms with Crippen LogP contribution in [0.1, 0.15) is 12.5 Å². The van der Waals surface area contributed by atoms with Crippen LogP contribution in [0.3, 0.4) is 0 Å². The first-order chi connectivity index (χ1) is 11.1. The number of carbonyl (C=O) groups excluding carboxylic acids is 2. The highest BCUT2D eigenvalue weighted by molar-refractivity contribution is 6.43. The van der Waals surface area contributed by atoms with E-state index in [1.54, 1.807) is 42.5 Å². The summed E-state index contributed by atoms with van der Waals surface area (Å²) in [7, 11) is 0. The van der Waals surface area contributed by atoms with E-state index >= 15 is 0 Å². The molecule has 0 saturated heterocycles. The van der Waals surface area contributed by atoms with Gasteiger partial charge in [0, 0.05) is 5.69 Å². The molecule has 6 nitrogen and oxygen atoms in total. The van der Waals surface area contributed by atoms with Gasteiger partial charge in [0.2, 0.25) is 0 Å². The van der Waals surface area contributed by atoms with Gasteiger partial charge in [0.25, 0.3) is 0 Å². The summed E-state index contributed by atoms with van der Waals surface area (Å²) >= 11 is 0. The molecule has 2 aromatic carbocycles. The minimum atomic E-state index is -0.827. The van der Waals surface area contributed by atoms with Crippen molar-refractivity contribution in [3.05, 3.63) is 54.1 Å². The molecule has 2 amide bonds. The van der Waals surface area contributed by atoms with Gasteiger partial charge in [-0.25, -0.2) is 0 Å². The maximum absolute atomic E-state index is 12.0. The first-order valence-corrected chi connectivity index (χ1v) is 6.98. The molecule has 6 heteroatoms. The molecule has 0 fully saturated rings. The van der Waals surface area contributed by atoms with Crippen molar-refractivity contribution < 1.29 is 14.3 Å². The Labute approximate surface area is 133 Å². The van der Waals surface area contributed by atoms with Crippen LogP contribution in [0.4, 0.5) is 11.4 Å². The van der Waals surface area contributed by atoms with Crippen LogP contribution in [-0.2, 0) is 9.59 Å². The summed E-state index contributed by atoms with van der Waals surface area (Å²) in [5.41, 5.74) is 1.19. The molecule has 0 aliphatic rings. The molecule has 2 rings (SSSR count). The van der Waals surface area contributed by atoms with Gasteiger partial charge in [-0.1, -0.05) is 18.2 Å². The second kappa shape index (κ2) is 7.61. The average molecular weight is 309 g/mol. The van der Waals surface area contributed by atoms with E-state index in [-0.39, 0.29) is 0 Å². The molecule has 0 bridgehead atoms. The van der Waals surface area contributed by atoms with Gasteiger partial charge in [-0.3, -0.25) is 9.59 Å². The van der Waals surface area contributed by atoms with E-state index in [0.717, 1.165) is 0 Å². The van der Waals surface area contributed by atoms with E-state index in [1.165, 1.54) is 6.07 Å². The largest absolute Gasteiger partial charge is 0.492 e. The number of benzene rings is 2. The number of nitrogens with one attached hydrogen (secondary N) is 2. The lowest BCUT2D eigenvalue weighted by Crippen LogP contribution is -2.29. The summed E-state index contributed by atoms with van der Waals surface area (Å²) in [4.78, 5) is 23.9. The number of carbonyl (C=O) groups is 2. The Balaban J connectivity index is 2.06. The molecular weight excluding hydrogens is 294 g/mol. The number of hydrogen-bond donors (Lipinski definition) is 2. The van der Waals surface area contributed by atoms with Crippen molar-refractivity contribution >= 4 is 23.2 Å². The van der Waals surface area contributed by atoms with Gasteiger partial charge in [0.15, 0.2) is 0 Å². The average Bonchev–Trinajstić information content (AvgIpc) is 2.57. The van der Waals surface area contributed by atoms with E-state index in [0.29, 0.717) is 29.3 Å². The number of nitrogens with zero attached hydrogens (tertiary/aromatic N) is 1. The molecule has 0 atom stereocenters. The van der Waals surface area contributed by atoms with Crippen LogP contribution in [0.5, 0.6) is 5.75 Å². The van der Waals surface area contributed by atoms with Crippen LogP contribution in [0.15, 0.2) is 48.5 Å². The van der Waals surface area contributed by atoms with E-state index < -0.39 is 11.8 Å². The molecule has 0 aromatic heterocycles. The summed E-state index contributed by atoms with van der Waals surface area (Å²) < 4.78 is 5.38. The van der Waals surface area contributed by atoms with Gasteiger partial charge in [-0.05, 0) is 37.3 Å². The summed E-state index contributed by atoms with van der Waals surface area (Å²) in [6.07, 6.45) is 0. The van der Waals surface area contributed by atoms with E-state index in [4.69, 9.17) is 10.00 Å². The molecule has 0 aliphatic carbocycles. The van der Waals surface area contributed by atoms with Gasteiger partial charge in [-0.2, -0.15) is 5.26 Å². The SMILES string of the molecule is CCOc1ccccc1NC(=O)C(=O)Nc1cccc(C#N)c1. The van der Waals surface area contributed by atoms with Crippen LogP contribution < -0.4 is 15.4 Å². The number of hydrogen-bond acceptors (Lipinski definition) is 4. The van der Waals surface area contributed by atoms with Crippen molar-refractivity contribution in [1.29, 1.82) is 5.26 Å². The summed E-state index contributed by atoms with van der Waals surface area (Å²) in [6, 6.07) is 15.1. The number of nitriles is 1. The fourth-order valence-electron chi connectivity index (χ4n) is 1.88. The molecule has 0 saturated carbocycles. The molecule has 0 heterocycles. The standard InChI is InChI=1S/C17H15N3O3/c1-2-23-15-9-4-3-8-14(15)20-17(22)16(21)19-13-7-5-6-12(10-13)11-18/h3-10H,2H2,1H3,(H,19,21)(H,20,22). The van der Waals surface area contributed by atoms with Crippen molar-refractivity contribution in [2.45, 2.75) is 6.92 Å². The van der Waals surface area contributed by atoms with Crippen molar-refractivity contribution in [3.63, 3.8) is 0 Å². The number of anilines is 2. The number of ether oxygens (including phenoxy) is 1. The number of rotatable bonds is 4. The Morgan fingerprint density at radius 1 is 1.09 bits per heavy atom. The molecule has 0 radical (unpaired) electrons. The second-order valence-corrected chi connectivity index (χ2v) is 4.53. The zero-order valence-corrected chi connectivity index (χ0v) is 12.5. The molecule has 0 spiro atoms. The fraction of sp³-hybridized carbons (Fsp3) is 0.118. The van der Waals surface area contributed by atoms with Crippen LogP contribution in [0.25, 0.3) is 0 Å². The maximum Gasteiger partial charge on any atom is 0.314 e. The lowest BCUT2D eigenvalue weighted by molar-refractivity contribution is -0.133. The Hall–Kier alpha value is -3.33. The molecular formula is C17H15N3O3. The van der Waals surface area contributed by atoms with Crippen LogP contribution >= 0.6 is 0 Å². The van der Waals surface area contributed by atoms with Crippen LogP contribution in [0.2, 0.25) is 0 Å². The minimum absolute atomic E-state index is 0.377. The predicted molar refractivity (Wildman–Crippen MR) is 86.0 cm³/mol. The van der Waals surface area contributed by atoms with Crippen LogP contribution in [0, 0.1) is 11.3 Å². The van der Waals surface area contributed by atoms with Gasteiger partial charge in [0.05, 0.1) is 23.9 Å². The Kier molecular flexibility index (Phi) is 5.31. The molecule has 2 aromatic rings. The zero-order valence-electron chi connectivity index (χ0n) is 12.5. The van der Waals surface area contributed by atoms with E-state index in [2.05, 4.69) is 10.6 Å². The smallest absolute Gasteiger partial charge is 0.314 e. The highest BCUT2D eigenvalue weighted by atomic mass is 16.5. The summed E-state index contributed by atoms with van der Waals surface area (Å²) in [5.74, 6) is -1.16. The quantitative estimate of drug-likeness (QED) is 0.849. The first-order valence-electron chi connectivity index (χ1n) is 6.98. The Morgan fingerprint density at radius 3 is 2.57 bits per heavy atom. The van der Waals surface area contributed by atoms with Crippen molar-refractivity contribution in [2.75, 3.05) is 17.2 Å². The Bertz CT molecular complexity index is 766. The third-order valence-corrected chi connectivity index (χ3v) is 2.89. The fourth-order valence-corrected chi connectivity index (χ4v) is 1.88. The zero-order chi connectivity index (χ0) is 16.7. The van der Waals surface area contributed by atoms with Gasteiger partial charge in [0.1, 0.15) is 5.75 Å².